The third-order valence-electron chi connectivity index (χ3n) is 2.92. The van der Waals surface area contributed by atoms with Crippen molar-refractivity contribution in [3.63, 3.8) is 0 Å². The number of anilines is 2. The van der Waals surface area contributed by atoms with Crippen molar-refractivity contribution in [1.29, 1.82) is 5.26 Å². The molecular weight excluding hydrogens is 278 g/mol. The van der Waals surface area contributed by atoms with Gasteiger partial charge in [0.15, 0.2) is 0 Å². The van der Waals surface area contributed by atoms with Gasteiger partial charge in [-0.15, -0.1) is 0 Å². The molecule has 0 spiro atoms. The maximum absolute atomic E-state index is 12.0. The number of phenols is 1. The zero-order chi connectivity index (χ0) is 15.9. The molecule has 2 aromatic rings. The number of nitrogens with one attached hydrogen (secondary N) is 2. The number of amides is 1. The number of benzene rings is 2. The highest BCUT2D eigenvalue weighted by molar-refractivity contribution is 6.07. The summed E-state index contributed by atoms with van der Waals surface area (Å²) in [6.45, 7) is 1.95. The van der Waals surface area contributed by atoms with Crippen molar-refractivity contribution in [2.45, 2.75) is 6.92 Å². The van der Waals surface area contributed by atoms with Crippen molar-refractivity contribution >= 4 is 17.3 Å². The van der Waals surface area contributed by atoms with Crippen LogP contribution in [0.2, 0.25) is 0 Å². The molecule has 5 heteroatoms. The lowest BCUT2D eigenvalue weighted by molar-refractivity contribution is -0.112. The maximum atomic E-state index is 12.0. The number of para-hydroxylation sites is 2. The lowest BCUT2D eigenvalue weighted by Gasteiger charge is -2.07. The van der Waals surface area contributed by atoms with E-state index in [1.54, 1.807) is 18.2 Å². The van der Waals surface area contributed by atoms with Crippen molar-refractivity contribution in [2.75, 3.05) is 10.6 Å². The molecule has 0 atom stereocenters. The summed E-state index contributed by atoms with van der Waals surface area (Å²) >= 11 is 0. The highest BCUT2D eigenvalue weighted by atomic mass is 16.3. The average molecular weight is 293 g/mol. The number of aromatic hydroxyl groups is 1. The van der Waals surface area contributed by atoms with Crippen molar-refractivity contribution in [3.8, 4) is 11.8 Å². The zero-order valence-electron chi connectivity index (χ0n) is 12.0. The molecule has 0 aliphatic carbocycles. The summed E-state index contributed by atoms with van der Waals surface area (Å²) in [4.78, 5) is 12.0. The van der Waals surface area contributed by atoms with Gasteiger partial charge in [0.05, 0.1) is 5.69 Å². The summed E-state index contributed by atoms with van der Waals surface area (Å²) in [5, 5.41) is 24.1. The van der Waals surface area contributed by atoms with Crippen LogP contribution < -0.4 is 10.6 Å². The molecule has 0 aliphatic heterocycles. The Balaban J connectivity index is 2.11. The topological polar surface area (TPSA) is 85.2 Å². The van der Waals surface area contributed by atoms with Gasteiger partial charge in [-0.2, -0.15) is 5.26 Å². The molecule has 110 valence electrons. The van der Waals surface area contributed by atoms with Crippen LogP contribution in [0, 0.1) is 18.3 Å². The fourth-order valence-corrected chi connectivity index (χ4v) is 1.81. The molecule has 0 aromatic heterocycles. The van der Waals surface area contributed by atoms with E-state index in [-0.39, 0.29) is 17.0 Å². The summed E-state index contributed by atoms with van der Waals surface area (Å²) < 4.78 is 0. The van der Waals surface area contributed by atoms with E-state index in [1.807, 2.05) is 37.3 Å². The van der Waals surface area contributed by atoms with Crippen molar-refractivity contribution in [1.82, 2.24) is 0 Å². The van der Waals surface area contributed by atoms with Crippen LogP contribution >= 0.6 is 0 Å². The van der Waals surface area contributed by atoms with Gasteiger partial charge in [0.2, 0.25) is 0 Å². The monoisotopic (exact) mass is 293 g/mol. The Kier molecular flexibility index (Phi) is 4.78. The van der Waals surface area contributed by atoms with Crippen LogP contribution in [0.25, 0.3) is 0 Å². The number of rotatable bonds is 4. The van der Waals surface area contributed by atoms with E-state index in [4.69, 9.17) is 5.26 Å². The molecule has 0 heterocycles. The second-order valence-electron chi connectivity index (χ2n) is 4.65. The van der Waals surface area contributed by atoms with Crippen LogP contribution in [-0.4, -0.2) is 11.0 Å². The highest BCUT2D eigenvalue weighted by Gasteiger charge is 2.11. The third-order valence-corrected chi connectivity index (χ3v) is 2.92. The molecule has 0 saturated heterocycles. The lowest BCUT2D eigenvalue weighted by Crippen LogP contribution is -2.14. The summed E-state index contributed by atoms with van der Waals surface area (Å²) in [5.74, 6) is -0.649. The van der Waals surface area contributed by atoms with Gasteiger partial charge in [0.1, 0.15) is 17.4 Å². The molecule has 0 saturated carbocycles. The number of hydrogen-bond acceptors (Lipinski definition) is 4. The zero-order valence-corrected chi connectivity index (χ0v) is 12.0. The van der Waals surface area contributed by atoms with E-state index in [2.05, 4.69) is 10.6 Å². The first-order valence-electron chi connectivity index (χ1n) is 6.63. The standard InChI is InChI=1S/C17H15N3O2/c1-12-5-4-6-14(9-12)19-11-13(10-18)17(22)20-15-7-2-3-8-16(15)21/h2-9,11,19,21H,1H3,(H,20,22)/b13-11-. The highest BCUT2D eigenvalue weighted by Crippen LogP contribution is 2.22. The van der Waals surface area contributed by atoms with E-state index in [9.17, 15) is 9.90 Å². The Morgan fingerprint density at radius 1 is 1.23 bits per heavy atom. The van der Waals surface area contributed by atoms with E-state index < -0.39 is 5.91 Å². The summed E-state index contributed by atoms with van der Waals surface area (Å²) in [6, 6.07) is 15.7. The predicted molar refractivity (Wildman–Crippen MR) is 85.2 cm³/mol. The quantitative estimate of drug-likeness (QED) is 0.459. The molecule has 22 heavy (non-hydrogen) atoms. The maximum Gasteiger partial charge on any atom is 0.267 e. The van der Waals surface area contributed by atoms with Gasteiger partial charge in [0.25, 0.3) is 5.91 Å². The minimum atomic E-state index is -0.593. The summed E-state index contributed by atoms with van der Waals surface area (Å²) in [7, 11) is 0. The molecule has 0 unspecified atom stereocenters. The number of phenolic OH excluding ortho intramolecular Hbond substituents is 1. The molecule has 0 aliphatic rings. The number of hydrogen-bond donors (Lipinski definition) is 3. The van der Waals surface area contributed by atoms with Gasteiger partial charge in [-0.05, 0) is 36.8 Å². The van der Waals surface area contributed by atoms with Crippen LogP contribution in [-0.2, 0) is 4.79 Å². The van der Waals surface area contributed by atoms with Crippen LogP contribution in [0.15, 0.2) is 60.3 Å². The normalized spacial score (nSPS) is 10.6. The molecule has 0 fully saturated rings. The van der Waals surface area contributed by atoms with Gasteiger partial charge in [-0.3, -0.25) is 4.79 Å². The van der Waals surface area contributed by atoms with Crippen molar-refractivity contribution < 1.29 is 9.90 Å². The molecule has 2 aromatic carbocycles. The third kappa shape index (κ3) is 3.87. The molecule has 5 nitrogen and oxygen atoms in total. The summed E-state index contributed by atoms with van der Waals surface area (Å²) in [5.41, 5.74) is 2.01. The van der Waals surface area contributed by atoms with E-state index in [0.717, 1.165) is 11.3 Å². The minimum absolute atomic E-state index is 0.0558. The van der Waals surface area contributed by atoms with Gasteiger partial charge in [-0.25, -0.2) is 0 Å². The lowest BCUT2D eigenvalue weighted by atomic mass is 10.2. The van der Waals surface area contributed by atoms with E-state index >= 15 is 0 Å². The Hall–Kier alpha value is -3.26. The van der Waals surface area contributed by atoms with Crippen LogP contribution in [0.3, 0.4) is 0 Å². The van der Waals surface area contributed by atoms with E-state index in [1.165, 1.54) is 12.3 Å². The molecule has 3 N–H and O–H groups in total. The number of carbonyl (C=O) groups is 1. The Labute approximate surface area is 128 Å². The van der Waals surface area contributed by atoms with Crippen molar-refractivity contribution in [2.24, 2.45) is 0 Å². The SMILES string of the molecule is Cc1cccc(N/C=C(/C#N)C(=O)Nc2ccccc2O)c1. The molecule has 0 bridgehead atoms. The van der Waals surface area contributed by atoms with Crippen molar-refractivity contribution in [3.05, 3.63) is 65.9 Å². The van der Waals surface area contributed by atoms with Gasteiger partial charge in [0, 0.05) is 11.9 Å². The molecule has 0 radical (unpaired) electrons. The Bertz CT molecular complexity index is 760. The number of nitrogens with zero attached hydrogens (tertiary/aromatic N) is 1. The predicted octanol–water partition coefficient (Wildman–Crippen LogP) is 3.16. The fraction of sp³-hybridized carbons (Fsp3) is 0.0588. The largest absolute Gasteiger partial charge is 0.506 e. The van der Waals surface area contributed by atoms with E-state index in [0.29, 0.717) is 0 Å². The van der Waals surface area contributed by atoms with Crippen LogP contribution in [0.1, 0.15) is 5.56 Å². The number of carbonyl (C=O) groups excluding carboxylic acids is 1. The van der Waals surface area contributed by atoms with Gasteiger partial charge < -0.3 is 15.7 Å². The minimum Gasteiger partial charge on any atom is -0.506 e. The fourth-order valence-electron chi connectivity index (χ4n) is 1.81. The molecule has 2 rings (SSSR count). The Morgan fingerprint density at radius 3 is 2.68 bits per heavy atom. The Morgan fingerprint density at radius 2 is 2.00 bits per heavy atom. The van der Waals surface area contributed by atoms with Crippen LogP contribution in [0.5, 0.6) is 5.75 Å². The molecular formula is C17H15N3O2. The smallest absolute Gasteiger partial charge is 0.267 e. The number of nitriles is 1. The number of aryl methyl sites for hydroxylation is 1. The average Bonchev–Trinajstić information content (AvgIpc) is 2.50. The first-order valence-corrected chi connectivity index (χ1v) is 6.63. The van der Waals surface area contributed by atoms with Gasteiger partial charge in [-0.1, -0.05) is 24.3 Å². The van der Waals surface area contributed by atoms with Gasteiger partial charge >= 0.3 is 0 Å². The first-order chi connectivity index (χ1) is 10.6. The summed E-state index contributed by atoms with van der Waals surface area (Å²) in [6.07, 6.45) is 1.34. The van der Waals surface area contributed by atoms with Crippen LogP contribution in [0.4, 0.5) is 11.4 Å². The first kappa shape index (κ1) is 15.1. The molecule has 1 amide bonds. The second-order valence-corrected chi connectivity index (χ2v) is 4.65. The second kappa shape index (κ2) is 6.95.